The van der Waals surface area contributed by atoms with E-state index < -0.39 is 28.3 Å². The van der Waals surface area contributed by atoms with Crippen molar-refractivity contribution in [3.63, 3.8) is 0 Å². The molecule has 0 unspecified atom stereocenters. The van der Waals surface area contributed by atoms with Crippen LogP contribution in [-0.4, -0.2) is 20.9 Å². The molecule has 5 nitrogen and oxygen atoms in total. The van der Waals surface area contributed by atoms with Crippen LogP contribution >= 0.6 is 0 Å². The monoisotopic (exact) mass is 378 g/mol. The second-order valence-electron chi connectivity index (χ2n) is 6.33. The van der Waals surface area contributed by atoms with E-state index in [-0.39, 0.29) is 4.90 Å². The summed E-state index contributed by atoms with van der Waals surface area (Å²) in [6.07, 6.45) is 0. The van der Waals surface area contributed by atoms with Crippen molar-refractivity contribution in [1.82, 2.24) is 4.72 Å². The number of hydrogen-bond donors (Lipinski definition) is 2. The third kappa shape index (κ3) is 4.11. The zero-order valence-electron chi connectivity index (χ0n) is 15.5. The average molecular weight is 378 g/mol. The predicted octanol–water partition coefficient (Wildman–Crippen LogP) is 3.28. The van der Waals surface area contributed by atoms with Gasteiger partial charge in [-0.25, -0.2) is 17.5 Å². The van der Waals surface area contributed by atoms with Gasteiger partial charge in [0.15, 0.2) is 0 Å². The van der Waals surface area contributed by atoms with Gasteiger partial charge in [-0.15, -0.1) is 0 Å². The zero-order chi connectivity index (χ0) is 19.6. The van der Waals surface area contributed by atoms with E-state index in [2.05, 4.69) is 10.0 Å². The highest BCUT2D eigenvalue weighted by molar-refractivity contribution is 7.89. The lowest BCUT2D eigenvalue weighted by atomic mass is 9.95. The fraction of sp³-hybridized carbons (Fsp3) is 0.316. The van der Waals surface area contributed by atoms with Crippen molar-refractivity contribution in [2.45, 2.75) is 39.5 Å². The second-order valence-corrected chi connectivity index (χ2v) is 8.04. The minimum atomic E-state index is -3.85. The fourth-order valence-electron chi connectivity index (χ4n) is 2.84. The first-order valence-corrected chi connectivity index (χ1v) is 9.65. The van der Waals surface area contributed by atoms with Crippen molar-refractivity contribution in [3.8, 4) is 0 Å². The highest BCUT2D eigenvalue weighted by Gasteiger charge is 2.24. The lowest BCUT2D eigenvalue weighted by Gasteiger charge is -2.19. The molecule has 2 aromatic rings. The molecule has 2 aromatic carbocycles. The van der Waals surface area contributed by atoms with Crippen LogP contribution in [0.4, 0.5) is 10.1 Å². The number of halogens is 1. The van der Waals surface area contributed by atoms with Crippen LogP contribution in [0.2, 0.25) is 0 Å². The Morgan fingerprint density at radius 2 is 1.35 bits per heavy atom. The zero-order valence-corrected chi connectivity index (χ0v) is 16.3. The number of hydrogen-bond acceptors (Lipinski definition) is 3. The molecule has 7 heteroatoms. The van der Waals surface area contributed by atoms with E-state index >= 15 is 0 Å². The molecule has 0 spiro atoms. The van der Waals surface area contributed by atoms with Crippen LogP contribution < -0.4 is 10.0 Å². The van der Waals surface area contributed by atoms with Crippen LogP contribution in [0.15, 0.2) is 29.2 Å². The van der Waals surface area contributed by atoms with Crippen molar-refractivity contribution in [1.29, 1.82) is 0 Å². The standard InChI is InChI=1S/C19H23FN2O3S/c1-11-12(2)14(4)19(15(5)13(11)3)26(24,25)21-10-18(23)22-17-8-6-16(20)7-9-17/h6-9,21H,10H2,1-5H3,(H,22,23). The normalized spacial score (nSPS) is 11.5. The van der Waals surface area contributed by atoms with Gasteiger partial charge in [0.05, 0.1) is 11.4 Å². The molecule has 0 aromatic heterocycles. The number of benzene rings is 2. The Hall–Kier alpha value is -2.25. The lowest BCUT2D eigenvalue weighted by Crippen LogP contribution is -2.34. The maximum absolute atomic E-state index is 12.9. The minimum Gasteiger partial charge on any atom is -0.325 e. The van der Waals surface area contributed by atoms with Crippen molar-refractivity contribution in [2.75, 3.05) is 11.9 Å². The van der Waals surface area contributed by atoms with E-state index in [0.717, 1.165) is 16.7 Å². The van der Waals surface area contributed by atoms with Gasteiger partial charge < -0.3 is 5.32 Å². The number of sulfonamides is 1. The van der Waals surface area contributed by atoms with Crippen molar-refractivity contribution < 1.29 is 17.6 Å². The summed E-state index contributed by atoms with van der Waals surface area (Å²) in [5, 5.41) is 2.52. The van der Waals surface area contributed by atoms with Gasteiger partial charge in [-0.05, 0) is 86.7 Å². The van der Waals surface area contributed by atoms with Crippen LogP contribution in [0.1, 0.15) is 27.8 Å². The quantitative estimate of drug-likeness (QED) is 0.838. The summed E-state index contributed by atoms with van der Waals surface area (Å²) in [5.41, 5.74) is 4.65. The molecular weight excluding hydrogens is 355 g/mol. The minimum absolute atomic E-state index is 0.215. The number of carbonyl (C=O) groups is 1. The molecule has 0 aliphatic heterocycles. The molecule has 0 heterocycles. The van der Waals surface area contributed by atoms with Crippen LogP contribution in [0.3, 0.4) is 0 Å². The van der Waals surface area contributed by atoms with Gasteiger partial charge in [-0.3, -0.25) is 4.79 Å². The highest BCUT2D eigenvalue weighted by Crippen LogP contribution is 2.29. The molecule has 1 amide bonds. The maximum atomic E-state index is 12.9. The van der Waals surface area contributed by atoms with Crippen molar-refractivity contribution >= 4 is 21.6 Å². The average Bonchev–Trinajstić information content (AvgIpc) is 2.58. The Balaban J connectivity index is 2.19. The van der Waals surface area contributed by atoms with Crippen molar-refractivity contribution in [3.05, 3.63) is 57.9 Å². The van der Waals surface area contributed by atoms with Crippen LogP contribution in [0.5, 0.6) is 0 Å². The molecule has 0 fully saturated rings. The number of nitrogens with one attached hydrogen (secondary N) is 2. The topological polar surface area (TPSA) is 75.3 Å². The molecule has 0 bridgehead atoms. The van der Waals surface area contributed by atoms with Gasteiger partial charge in [-0.1, -0.05) is 0 Å². The first kappa shape index (κ1) is 20.1. The van der Waals surface area contributed by atoms with Crippen molar-refractivity contribution in [2.24, 2.45) is 0 Å². The summed E-state index contributed by atoms with van der Waals surface area (Å²) in [6, 6.07) is 5.24. The van der Waals surface area contributed by atoms with E-state index in [0.29, 0.717) is 16.8 Å². The molecular formula is C19H23FN2O3S. The molecule has 140 valence electrons. The Labute approximate surface area is 153 Å². The van der Waals surface area contributed by atoms with Gasteiger partial charge in [-0.2, -0.15) is 0 Å². The molecule has 0 saturated heterocycles. The SMILES string of the molecule is Cc1c(C)c(C)c(S(=O)(=O)NCC(=O)Nc2ccc(F)cc2)c(C)c1C. The molecule has 2 N–H and O–H groups in total. The Morgan fingerprint density at radius 3 is 1.85 bits per heavy atom. The number of amides is 1. The summed E-state index contributed by atoms with van der Waals surface area (Å²) in [6.45, 7) is 8.85. The summed E-state index contributed by atoms with van der Waals surface area (Å²) in [4.78, 5) is 12.2. The van der Waals surface area contributed by atoms with Gasteiger partial charge in [0.25, 0.3) is 0 Å². The van der Waals surface area contributed by atoms with Gasteiger partial charge in [0.1, 0.15) is 5.82 Å². The van der Waals surface area contributed by atoms with Crippen LogP contribution in [0, 0.1) is 40.4 Å². The lowest BCUT2D eigenvalue weighted by molar-refractivity contribution is -0.115. The van der Waals surface area contributed by atoms with E-state index in [1.165, 1.54) is 24.3 Å². The summed E-state index contributed by atoms with van der Waals surface area (Å²) < 4.78 is 40.7. The van der Waals surface area contributed by atoms with Crippen LogP contribution in [-0.2, 0) is 14.8 Å². The second kappa shape index (κ2) is 7.55. The molecule has 2 rings (SSSR count). The molecule has 0 radical (unpaired) electrons. The fourth-order valence-corrected chi connectivity index (χ4v) is 4.42. The summed E-state index contributed by atoms with van der Waals surface area (Å²) >= 11 is 0. The van der Waals surface area contributed by atoms with E-state index in [9.17, 15) is 17.6 Å². The Bertz CT molecular complexity index is 923. The molecule has 0 saturated carbocycles. The first-order chi connectivity index (χ1) is 12.0. The third-order valence-corrected chi connectivity index (χ3v) is 6.42. The summed E-state index contributed by atoms with van der Waals surface area (Å²) in [5.74, 6) is -0.948. The smallest absolute Gasteiger partial charge is 0.241 e. The number of anilines is 1. The highest BCUT2D eigenvalue weighted by atomic mass is 32.2. The largest absolute Gasteiger partial charge is 0.325 e. The summed E-state index contributed by atoms with van der Waals surface area (Å²) in [7, 11) is -3.85. The maximum Gasteiger partial charge on any atom is 0.241 e. The van der Waals surface area contributed by atoms with E-state index in [4.69, 9.17) is 0 Å². The Kier molecular flexibility index (Phi) is 5.83. The van der Waals surface area contributed by atoms with E-state index in [1.54, 1.807) is 13.8 Å². The number of carbonyl (C=O) groups excluding carboxylic acids is 1. The van der Waals surface area contributed by atoms with Gasteiger partial charge in [0, 0.05) is 5.69 Å². The van der Waals surface area contributed by atoms with Gasteiger partial charge >= 0.3 is 0 Å². The number of rotatable bonds is 5. The molecule has 0 aliphatic rings. The van der Waals surface area contributed by atoms with Crippen LogP contribution in [0.25, 0.3) is 0 Å². The predicted molar refractivity (Wildman–Crippen MR) is 100 cm³/mol. The van der Waals surface area contributed by atoms with E-state index in [1.807, 2.05) is 20.8 Å². The van der Waals surface area contributed by atoms with Gasteiger partial charge in [0.2, 0.25) is 15.9 Å². The third-order valence-electron chi connectivity index (χ3n) is 4.75. The first-order valence-electron chi connectivity index (χ1n) is 8.16. The Morgan fingerprint density at radius 1 is 0.885 bits per heavy atom. The molecule has 0 aliphatic carbocycles. The molecule has 26 heavy (non-hydrogen) atoms. The molecule has 0 atom stereocenters.